The van der Waals surface area contributed by atoms with Crippen LogP contribution in [-0.4, -0.2) is 58.1 Å². The number of benzene rings is 1. The molecule has 0 aliphatic carbocycles. The molecule has 2 aromatic rings. The molecule has 3 heterocycles. The second-order valence-electron chi connectivity index (χ2n) is 7.82. The van der Waals surface area contributed by atoms with E-state index in [0.29, 0.717) is 0 Å². The molecule has 2 aliphatic heterocycles. The highest BCUT2D eigenvalue weighted by atomic mass is 32.1. The predicted molar refractivity (Wildman–Crippen MR) is 107 cm³/mol. The van der Waals surface area contributed by atoms with Gasteiger partial charge >= 0.3 is 0 Å². The van der Waals surface area contributed by atoms with E-state index < -0.39 is 0 Å². The molecule has 0 radical (unpaired) electrons. The lowest BCUT2D eigenvalue weighted by molar-refractivity contribution is -0.138. The number of hydrogen-bond acceptors (Lipinski definition) is 5. The Bertz CT molecular complexity index is 794. The average Bonchev–Trinajstić information content (AvgIpc) is 3.17. The monoisotopic (exact) mass is 385 g/mol. The first-order valence-electron chi connectivity index (χ1n) is 9.72. The second-order valence-corrected chi connectivity index (χ2v) is 8.94. The Labute approximate surface area is 164 Å². The summed E-state index contributed by atoms with van der Waals surface area (Å²) in [5.41, 5.74) is 1.08. The number of fused-ring (bicyclic) bond motifs is 1. The number of amides is 1. The normalized spacial score (nSPS) is 26.0. The fourth-order valence-electron chi connectivity index (χ4n) is 4.64. The van der Waals surface area contributed by atoms with Crippen molar-refractivity contribution < 1.29 is 9.90 Å². The molecule has 2 aliphatic rings. The van der Waals surface area contributed by atoms with Crippen molar-refractivity contribution in [3.63, 3.8) is 0 Å². The standard InChI is InChI=1S/C21H27N3O2S/c1-16(26)23-11-9-21(15-25)8-5-10-24(19(21)14-23)13-18-12-22-20(27-18)17-6-3-2-4-7-17/h2-4,6-7,12,19,25H,5,8-11,13-15H2,1H3/t19-,21+/m0/s1. The van der Waals surface area contributed by atoms with Gasteiger partial charge in [-0.25, -0.2) is 4.98 Å². The van der Waals surface area contributed by atoms with Gasteiger partial charge in [0.2, 0.25) is 5.91 Å². The van der Waals surface area contributed by atoms with Gasteiger partial charge in [-0.15, -0.1) is 11.3 Å². The van der Waals surface area contributed by atoms with Gasteiger partial charge in [0.1, 0.15) is 5.01 Å². The SMILES string of the molecule is CC(=O)N1CC[C@@]2(CO)CCCN(Cc3cnc(-c4ccccc4)s3)[C@H]2C1. The van der Waals surface area contributed by atoms with Gasteiger partial charge in [0.25, 0.3) is 0 Å². The highest BCUT2D eigenvalue weighted by Crippen LogP contribution is 2.43. The Balaban J connectivity index is 1.54. The number of hydrogen-bond donors (Lipinski definition) is 1. The maximum absolute atomic E-state index is 11.9. The summed E-state index contributed by atoms with van der Waals surface area (Å²) in [6, 6.07) is 10.5. The lowest BCUT2D eigenvalue weighted by Gasteiger charge is -2.54. The largest absolute Gasteiger partial charge is 0.396 e. The van der Waals surface area contributed by atoms with Crippen LogP contribution in [0.1, 0.15) is 31.1 Å². The van der Waals surface area contributed by atoms with Crippen LogP contribution in [0.5, 0.6) is 0 Å². The second kappa shape index (κ2) is 7.70. The maximum Gasteiger partial charge on any atom is 0.219 e. The van der Waals surface area contributed by atoms with Crippen molar-refractivity contribution in [2.75, 3.05) is 26.2 Å². The molecule has 27 heavy (non-hydrogen) atoms. The Morgan fingerprint density at radius 2 is 2.11 bits per heavy atom. The number of piperidine rings is 2. The van der Waals surface area contributed by atoms with Crippen molar-refractivity contribution in [2.45, 2.75) is 38.8 Å². The van der Waals surface area contributed by atoms with Crippen molar-refractivity contribution in [1.29, 1.82) is 0 Å². The summed E-state index contributed by atoms with van der Waals surface area (Å²) in [4.78, 5) is 22.2. The van der Waals surface area contributed by atoms with Gasteiger partial charge in [0.15, 0.2) is 0 Å². The minimum atomic E-state index is -0.0723. The van der Waals surface area contributed by atoms with Gasteiger partial charge in [-0.1, -0.05) is 30.3 Å². The van der Waals surface area contributed by atoms with Crippen molar-refractivity contribution >= 4 is 17.2 Å². The topological polar surface area (TPSA) is 56.7 Å². The number of nitrogens with zero attached hydrogens (tertiary/aromatic N) is 3. The Morgan fingerprint density at radius 1 is 1.30 bits per heavy atom. The molecule has 4 rings (SSSR count). The van der Waals surface area contributed by atoms with Crippen LogP contribution in [0.25, 0.3) is 10.6 Å². The Morgan fingerprint density at radius 3 is 2.85 bits per heavy atom. The van der Waals surface area contributed by atoms with Crippen molar-refractivity contribution in [2.24, 2.45) is 5.41 Å². The molecular weight excluding hydrogens is 358 g/mol. The Hall–Kier alpha value is -1.76. The van der Waals surface area contributed by atoms with Crippen LogP contribution in [0.2, 0.25) is 0 Å². The molecule has 1 N–H and O–H groups in total. The van der Waals surface area contributed by atoms with E-state index in [1.807, 2.05) is 29.3 Å². The summed E-state index contributed by atoms with van der Waals surface area (Å²) >= 11 is 1.74. The molecule has 2 saturated heterocycles. The summed E-state index contributed by atoms with van der Waals surface area (Å²) in [7, 11) is 0. The van der Waals surface area contributed by atoms with E-state index in [-0.39, 0.29) is 24.0 Å². The number of carbonyl (C=O) groups is 1. The molecule has 0 bridgehead atoms. The minimum absolute atomic E-state index is 0.0723. The smallest absolute Gasteiger partial charge is 0.219 e. The highest BCUT2D eigenvalue weighted by Gasteiger charge is 2.47. The van der Waals surface area contributed by atoms with Crippen LogP contribution in [0.4, 0.5) is 0 Å². The van der Waals surface area contributed by atoms with Crippen LogP contribution < -0.4 is 0 Å². The van der Waals surface area contributed by atoms with E-state index in [1.54, 1.807) is 18.3 Å². The first-order chi connectivity index (χ1) is 13.1. The van der Waals surface area contributed by atoms with E-state index in [0.717, 1.165) is 56.0 Å². The average molecular weight is 386 g/mol. The van der Waals surface area contributed by atoms with Crippen molar-refractivity contribution in [1.82, 2.24) is 14.8 Å². The van der Waals surface area contributed by atoms with Gasteiger partial charge < -0.3 is 10.0 Å². The van der Waals surface area contributed by atoms with Crippen LogP contribution in [0, 0.1) is 5.41 Å². The number of aromatic nitrogens is 1. The zero-order chi connectivity index (χ0) is 18.9. The molecule has 0 unspecified atom stereocenters. The van der Waals surface area contributed by atoms with Gasteiger partial charge in [-0.3, -0.25) is 9.69 Å². The maximum atomic E-state index is 11.9. The van der Waals surface area contributed by atoms with Crippen molar-refractivity contribution in [3.05, 3.63) is 41.4 Å². The van der Waals surface area contributed by atoms with E-state index in [1.165, 1.54) is 4.88 Å². The molecule has 2 atom stereocenters. The number of aliphatic hydroxyl groups excluding tert-OH is 1. The zero-order valence-corrected chi connectivity index (χ0v) is 16.6. The summed E-state index contributed by atoms with van der Waals surface area (Å²) in [5, 5.41) is 11.2. The fourth-order valence-corrected chi connectivity index (χ4v) is 5.58. The number of rotatable bonds is 4. The van der Waals surface area contributed by atoms with E-state index in [4.69, 9.17) is 0 Å². The van der Waals surface area contributed by atoms with E-state index >= 15 is 0 Å². The number of carbonyl (C=O) groups excluding carboxylic acids is 1. The van der Waals surface area contributed by atoms with Gasteiger partial charge in [0, 0.05) is 54.7 Å². The molecule has 1 aromatic heterocycles. The first-order valence-corrected chi connectivity index (χ1v) is 10.5. The summed E-state index contributed by atoms with van der Waals surface area (Å²) < 4.78 is 0. The first kappa shape index (κ1) is 18.6. The molecule has 1 aromatic carbocycles. The molecule has 0 spiro atoms. The molecule has 5 nitrogen and oxygen atoms in total. The lowest BCUT2D eigenvalue weighted by atomic mass is 9.69. The van der Waals surface area contributed by atoms with Crippen molar-refractivity contribution in [3.8, 4) is 10.6 Å². The number of aliphatic hydroxyl groups is 1. The van der Waals surface area contributed by atoms with Gasteiger partial charge in [-0.05, 0) is 25.8 Å². The lowest BCUT2D eigenvalue weighted by Crippen LogP contribution is -2.62. The summed E-state index contributed by atoms with van der Waals surface area (Å²) in [6.45, 7) is 5.19. The van der Waals surface area contributed by atoms with Crippen LogP contribution >= 0.6 is 11.3 Å². The van der Waals surface area contributed by atoms with E-state index in [2.05, 4.69) is 22.0 Å². The number of thiazole rings is 1. The summed E-state index contributed by atoms with van der Waals surface area (Å²) in [5.74, 6) is 0.135. The molecule has 6 heteroatoms. The van der Waals surface area contributed by atoms with E-state index in [9.17, 15) is 9.90 Å². The predicted octanol–water partition coefficient (Wildman–Crippen LogP) is 3.01. The number of likely N-dealkylation sites (tertiary alicyclic amines) is 2. The third-order valence-electron chi connectivity index (χ3n) is 6.23. The van der Waals surface area contributed by atoms with Gasteiger partial charge in [-0.2, -0.15) is 0 Å². The fraction of sp³-hybridized carbons (Fsp3) is 0.524. The minimum Gasteiger partial charge on any atom is -0.396 e. The molecule has 2 fully saturated rings. The molecule has 0 saturated carbocycles. The summed E-state index contributed by atoms with van der Waals surface area (Å²) in [6.07, 6.45) is 5.02. The third kappa shape index (κ3) is 3.66. The molecular formula is C21H27N3O2S. The highest BCUT2D eigenvalue weighted by molar-refractivity contribution is 7.15. The van der Waals surface area contributed by atoms with Crippen LogP contribution in [0.3, 0.4) is 0 Å². The molecule has 1 amide bonds. The quantitative estimate of drug-likeness (QED) is 0.879. The molecule has 144 valence electrons. The Kier molecular flexibility index (Phi) is 5.30. The van der Waals surface area contributed by atoms with Crippen LogP contribution in [-0.2, 0) is 11.3 Å². The van der Waals surface area contributed by atoms with Crippen LogP contribution in [0.15, 0.2) is 36.5 Å². The third-order valence-corrected chi connectivity index (χ3v) is 7.27. The van der Waals surface area contributed by atoms with Gasteiger partial charge in [0.05, 0.1) is 6.61 Å². The zero-order valence-electron chi connectivity index (χ0n) is 15.8.